The molecule has 1 aliphatic heterocycles. The number of carbonyl (C=O) groups excluding carboxylic acids is 1. The summed E-state index contributed by atoms with van der Waals surface area (Å²) >= 11 is 0. The lowest BCUT2D eigenvalue weighted by Crippen LogP contribution is -2.39. The number of ether oxygens (including phenoxy) is 1. The Kier molecular flexibility index (Phi) is 3.58. The van der Waals surface area contributed by atoms with Gasteiger partial charge >= 0.3 is 5.97 Å². The summed E-state index contributed by atoms with van der Waals surface area (Å²) in [5.41, 5.74) is 0.101. The van der Waals surface area contributed by atoms with E-state index in [1.165, 1.54) is 6.07 Å². The van der Waals surface area contributed by atoms with Gasteiger partial charge in [-0.05, 0) is 44.4 Å². The van der Waals surface area contributed by atoms with Crippen molar-refractivity contribution in [1.29, 1.82) is 0 Å². The number of nitrogens with one attached hydrogen (secondary N) is 1. The number of rotatable bonds is 1. The molecule has 0 saturated carbocycles. The fraction of sp³-hybridized carbons (Fsp3) is 0.500. The highest BCUT2D eigenvalue weighted by atomic mass is 19.2. The van der Waals surface area contributed by atoms with Crippen LogP contribution in [0.25, 0.3) is 0 Å². The van der Waals surface area contributed by atoms with Crippen LogP contribution >= 0.6 is 0 Å². The summed E-state index contributed by atoms with van der Waals surface area (Å²) < 4.78 is 32.2. The lowest BCUT2D eigenvalue weighted by molar-refractivity contribution is -0.157. The average molecular weight is 269 g/mol. The quantitative estimate of drug-likeness (QED) is 0.796. The minimum atomic E-state index is -0.886. The van der Waals surface area contributed by atoms with Crippen molar-refractivity contribution in [2.24, 2.45) is 0 Å². The van der Waals surface area contributed by atoms with Gasteiger partial charge in [0.2, 0.25) is 0 Å². The lowest BCUT2D eigenvalue weighted by Gasteiger charge is -2.29. The molecule has 1 aromatic carbocycles. The monoisotopic (exact) mass is 269 g/mol. The second kappa shape index (κ2) is 4.89. The molecule has 1 N–H and O–H groups in total. The second-order valence-corrected chi connectivity index (χ2v) is 5.60. The van der Waals surface area contributed by atoms with Crippen molar-refractivity contribution in [3.05, 3.63) is 34.9 Å². The van der Waals surface area contributed by atoms with Crippen LogP contribution in [0.5, 0.6) is 0 Å². The fourth-order valence-electron chi connectivity index (χ4n) is 2.15. The highest BCUT2D eigenvalue weighted by Gasteiger charge is 2.32. The smallest absolute Gasteiger partial charge is 0.328 e. The van der Waals surface area contributed by atoms with E-state index in [4.69, 9.17) is 4.74 Å². The van der Waals surface area contributed by atoms with Gasteiger partial charge in [0.15, 0.2) is 11.6 Å². The third kappa shape index (κ3) is 2.92. The molecular formula is C14H17F2NO2. The Hall–Kier alpha value is -1.49. The van der Waals surface area contributed by atoms with E-state index in [1.54, 1.807) is 20.8 Å². The molecule has 1 atom stereocenters. The van der Waals surface area contributed by atoms with Gasteiger partial charge in [-0.25, -0.2) is 13.6 Å². The Morgan fingerprint density at radius 2 is 2.05 bits per heavy atom. The Morgan fingerprint density at radius 1 is 1.37 bits per heavy atom. The van der Waals surface area contributed by atoms with Crippen LogP contribution in [0.3, 0.4) is 0 Å². The largest absolute Gasteiger partial charge is 0.459 e. The molecule has 0 aliphatic carbocycles. The molecule has 0 fully saturated rings. The number of fused-ring (bicyclic) bond motifs is 1. The van der Waals surface area contributed by atoms with Crippen LogP contribution in [0.2, 0.25) is 0 Å². The number of esters is 1. The molecule has 5 heteroatoms. The van der Waals surface area contributed by atoms with Gasteiger partial charge in [0, 0.05) is 6.54 Å². The van der Waals surface area contributed by atoms with Crippen molar-refractivity contribution in [3.8, 4) is 0 Å². The molecular weight excluding hydrogens is 252 g/mol. The van der Waals surface area contributed by atoms with Gasteiger partial charge in [-0.15, -0.1) is 0 Å². The lowest BCUT2D eigenvalue weighted by atomic mass is 9.93. The highest BCUT2D eigenvalue weighted by molar-refractivity contribution is 5.79. The van der Waals surface area contributed by atoms with Crippen molar-refractivity contribution < 1.29 is 18.3 Å². The summed E-state index contributed by atoms with van der Waals surface area (Å²) in [6.07, 6.45) is 0.359. The molecule has 1 heterocycles. The zero-order chi connectivity index (χ0) is 14.2. The van der Waals surface area contributed by atoms with Crippen LogP contribution in [0.1, 0.15) is 37.9 Å². The van der Waals surface area contributed by atoms with Crippen LogP contribution in [0.15, 0.2) is 12.1 Å². The first kappa shape index (κ1) is 13.9. The molecule has 3 nitrogen and oxygen atoms in total. The Bertz CT molecular complexity index is 509. The molecule has 0 saturated heterocycles. The summed E-state index contributed by atoms with van der Waals surface area (Å²) in [6.45, 7) is 5.71. The van der Waals surface area contributed by atoms with Gasteiger partial charge in [-0.3, -0.25) is 0 Å². The number of halogens is 2. The summed E-state index contributed by atoms with van der Waals surface area (Å²) in [5, 5.41) is 2.98. The first-order valence-electron chi connectivity index (χ1n) is 6.22. The normalized spacial score (nSPS) is 18.9. The van der Waals surface area contributed by atoms with Crippen molar-refractivity contribution in [1.82, 2.24) is 5.32 Å². The van der Waals surface area contributed by atoms with E-state index in [9.17, 15) is 13.6 Å². The van der Waals surface area contributed by atoms with Crippen molar-refractivity contribution >= 4 is 5.97 Å². The zero-order valence-corrected chi connectivity index (χ0v) is 11.2. The molecule has 0 aromatic heterocycles. The van der Waals surface area contributed by atoms with Gasteiger partial charge in [-0.2, -0.15) is 0 Å². The summed E-state index contributed by atoms with van der Waals surface area (Å²) in [5.74, 6) is -2.23. The minimum absolute atomic E-state index is 0.259. The summed E-state index contributed by atoms with van der Waals surface area (Å²) in [7, 11) is 0. The minimum Gasteiger partial charge on any atom is -0.459 e. The maximum atomic E-state index is 13.7. The van der Waals surface area contributed by atoms with Gasteiger partial charge in [0.25, 0.3) is 0 Å². The SMILES string of the molecule is CC(C)(C)OC(=O)C1NCCc2c1ccc(F)c2F. The topological polar surface area (TPSA) is 38.3 Å². The van der Waals surface area contributed by atoms with E-state index in [2.05, 4.69) is 5.32 Å². The first-order valence-corrected chi connectivity index (χ1v) is 6.22. The van der Waals surface area contributed by atoms with E-state index in [-0.39, 0.29) is 5.56 Å². The molecule has 0 bridgehead atoms. The van der Waals surface area contributed by atoms with Crippen LogP contribution in [0.4, 0.5) is 8.78 Å². The number of hydrogen-bond acceptors (Lipinski definition) is 3. The number of hydrogen-bond donors (Lipinski definition) is 1. The van der Waals surface area contributed by atoms with E-state index >= 15 is 0 Å². The zero-order valence-electron chi connectivity index (χ0n) is 11.2. The molecule has 0 amide bonds. The van der Waals surface area contributed by atoms with Crippen LogP contribution < -0.4 is 5.32 Å². The highest BCUT2D eigenvalue weighted by Crippen LogP contribution is 2.28. The van der Waals surface area contributed by atoms with Gasteiger partial charge in [0.05, 0.1) is 0 Å². The summed E-state index contributed by atoms with van der Waals surface area (Å²) in [4.78, 5) is 12.1. The van der Waals surface area contributed by atoms with Gasteiger partial charge < -0.3 is 10.1 Å². The third-order valence-electron chi connectivity index (χ3n) is 2.91. The predicted molar refractivity (Wildman–Crippen MR) is 66.7 cm³/mol. The molecule has 0 radical (unpaired) electrons. The van der Waals surface area contributed by atoms with Crippen LogP contribution in [0, 0.1) is 11.6 Å². The Labute approximate surface area is 111 Å². The summed E-state index contributed by atoms with van der Waals surface area (Å²) in [6, 6.07) is 1.74. The fourth-order valence-corrected chi connectivity index (χ4v) is 2.15. The standard InChI is InChI=1S/C14H17F2NO2/c1-14(2,3)19-13(18)12-9-4-5-10(15)11(16)8(9)6-7-17-12/h4-5,12,17H,6-7H2,1-3H3. The molecule has 1 unspecified atom stereocenters. The van der Waals surface area contributed by atoms with Gasteiger partial charge in [0.1, 0.15) is 11.6 Å². The Morgan fingerprint density at radius 3 is 2.68 bits per heavy atom. The van der Waals surface area contributed by atoms with E-state index in [0.717, 1.165) is 6.07 Å². The number of carbonyl (C=O) groups is 1. The van der Waals surface area contributed by atoms with Crippen molar-refractivity contribution in [2.75, 3.05) is 6.54 Å². The second-order valence-electron chi connectivity index (χ2n) is 5.60. The van der Waals surface area contributed by atoms with Crippen molar-refractivity contribution in [2.45, 2.75) is 38.8 Å². The first-order chi connectivity index (χ1) is 8.79. The van der Waals surface area contributed by atoms with E-state index in [0.29, 0.717) is 18.5 Å². The van der Waals surface area contributed by atoms with Crippen LogP contribution in [-0.2, 0) is 16.0 Å². The molecule has 104 valence electrons. The molecule has 2 rings (SSSR count). The molecule has 1 aliphatic rings. The van der Waals surface area contributed by atoms with Gasteiger partial charge in [-0.1, -0.05) is 6.07 Å². The van der Waals surface area contributed by atoms with E-state index in [1.807, 2.05) is 0 Å². The van der Waals surface area contributed by atoms with E-state index < -0.39 is 29.2 Å². The van der Waals surface area contributed by atoms with Crippen LogP contribution in [-0.4, -0.2) is 18.1 Å². The Balaban J connectivity index is 2.33. The average Bonchev–Trinajstić information content (AvgIpc) is 2.31. The predicted octanol–water partition coefficient (Wildman–Crippen LogP) is 2.49. The maximum absolute atomic E-state index is 13.7. The third-order valence-corrected chi connectivity index (χ3v) is 2.91. The number of benzene rings is 1. The molecule has 19 heavy (non-hydrogen) atoms. The molecule has 0 spiro atoms. The van der Waals surface area contributed by atoms with Crippen molar-refractivity contribution in [3.63, 3.8) is 0 Å². The maximum Gasteiger partial charge on any atom is 0.328 e. The molecule has 1 aromatic rings.